The molecule has 1 aromatic carbocycles. The molecule has 0 radical (unpaired) electrons. The average molecular weight is 296 g/mol. The zero-order chi connectivity index (χ0) is 14.9. The second-order valence-electron chi connectivity index (χ2n) is 5.33. The first-order chi connectivity index (χ1) is 10.8. The van der Waals surface area contributed by atoms with E-state index in [1.807, 2.05) is 35.2 Å². The SMILES string of the molecule is OC(c1[nH]nc2ccccc12)N1CCOc2cnccc2C1. The van der Waals surface area contributed by atoms with Crippen molar-refractivity contribution in [1.82, 2.24) is 20.1 Å². The number of aromatic amines is 1. The van der Waals surface area contributed by atoms with Crippen molar-refractivity contribution in [3.05, 3.63) is 54.0 Å². The summed E-state index contributed by atoms with van der Waals surface area (Å²) in [6.07, 6.45) is 2.70. The lowest BCUT2D eigenvalue weighted by Crippen LogP contribution is -2.30. The van der Waals surface area contributed by atoms with E-state index in [-0.39, 0.29) is 0 Å². The molecule has 6 heteroatoms. The molecule has 1 aliphatic heterocycles. The maximum atomic E-state index is 10.8. The molecule has 6 nitrogen and oxygen atoms in total. The highest BCUT2D eigenvalue weighted by molar-refractivity contribution is 5.81. The topological polar surface area (TPSA) is 74.3 Å². The maximum absolute atomic E-state index is 10.8. The van der Waals surface area contributed by atoms with Crippen molar-refractivity contribution in [3.8, 4) is 5.75 Å². The number of aliphatic hydroxyl groups excluding tert-OH is 1. The Bertz CT molecular complexity index is 801. The van der Waals surface area contributed by atoms with Crippen molar-refractivity contribution in [2.45, 2.75) is 12.8 Å². The molecule has 0 saturated heterocycles. The Balaban J connectivity index is 1.66. The third kappa shape index (κ3) is 2.22. The van der Waals surface area contributed by atoms with Crippen LogP contribution in [0.4, 0.5) is 0 Å². The van der Waals surface area contributed by atoms with Crippen LogP contribution < -0.4 is 4.74 Å². The number of ether oxygens (including phenoxy) is 1. The fourth-order valence-corrected chi connectivity index (χ4v) is 2.81. The Morgan fingerprint density at radius 1 is 1.27 bits per heavy atom. The van der Waals surface area contributed by atoms with Crippen molar-refractivity contribution >= 4 is 10.9 Å². The molecule has 3 heterocycles. The van der Waals surface area contributed by atoms with Crippen LogP contribution in [0.1, 0.15) is 17.5 Å². The van der Waals surface area contributed by atoms with Crippen LogP contribution in [0, 0.1) is 0 Å². The zero-order valence-corrected chi connectivity index (χ0v) is 11.9. The quantitative estimate of drug-likeness (QED) is 0.755. The van der Waals surface area contributed by atoms with E-state index in [1.54, 1.807) is 12.4 Å². The number of H-pyrrole nitrogens is 1. The number of nitrogens with zero attached hydrogens (tertiary/aromatic N) is 3. The molecular weight excluding hydrogens is 280 g/mol. The Morgan fingerprint density at radius 3 is 3.14 bits per heavy atom. The first-order valence-corrected chi connectivity index (χ1v) is 7.24. The summed E-state index contributed by atoms with van der Waals surface area (Å²) in [4.78, 5) is 6.04. The molecule has 0 bridgehead atoms. The third-order valence-corrected chi connectivity index (χ3v) is 3.97. The number of aromatic nitrogens is 3. The van der Waals surface area contributed by atoms with Crippen LogP contribution in [-0.4, -0.2) is 38.3 Å². The molecule has 0 spiro atoms. The van der Waals surface area contributed by atoms with Gasteiger partial charge in [-0.05, 0) is 12.1 Å². The van der Waals surface area contributed by atoms with Gasteiger partial charge < -0.3 is 9.84 Å². The van der Waals surface area contributed by atoms with Crippen LogP contribution in [0.5, 0.6) is 5.75 Å². The van der Waals surface area contributed by atoms with Crippen LogP contribution >= 0.6 is 0 Å². The summed E-state index contributed by atoms with van der Waals surface area (Å²) >= 11 is 0. The largest absolute Gasteiger partial charge is 0.490 e. The lowest BCUT2D eigenvalue weighted by Gasteiger charge is -2.25. The third-order valence-electron chi connectivity index (χ3n) is 3.97. The van der Waals surface area contributed by atoms with Gasteiger partial charge in [-0.3, -0.25) is 15.0 Å². The van der Waals surface area contributed by atoms with E-state index in [0.29, 0.717) is 25.4 Å². The summed E-state index contributed by atoms with van der Waals surface area (Å²) in [5, 5.41) is 18.9. The minimum Gasteiger partial charge on any atom is -0.490 e. The first kappa shape index (κ1) is 13.2. The minimum absolute atomic E-state index is 0.516. The summed E-state index contributed by atoms with van der Waals surface area (Å²) in [5.74, 6) is 0.784. The summed E-state index contributed by atoms with van der Waals surface area (Å²) < 4.78 is 5.69. The van der Waals surface area contributed by atoms with E-state index >= 15 is 0 Å². The Kier molecular flexibility index (Phi) is 3.25. The molecule has 0 saturated carbocycles. The number of aliphatic hydroxyl groups is 1. The van der Waals surface area contributed by atoms with E-state index in [2.05, 4.69) is 15.2 Å². The van der Waals surface area contributed by atoms with Gasteiger partial charge in [0.1, 0.15) is 12.4 Å². The number of pyridine rings is 1. The molecule has 0 amide bonds. The summed E-state index contributed by atoms with van der Waals surface area (Å²) in [5.41, 5.74) is 2.59. The predicted molar refractivity (Wildman–Crippen MR) is 81.2 cm³/mol. The first-order valence-electron chi connectivity index (χ1n) is 7.24. The predicted octanol–water partition coefficient (Wildman–Crippen LogP) is 1.84. The smallest absolute Gasteiger partial charge is 0.151 e. The van der Waals surface area contributed by atoms with Crippen LogP contribution in [0.2, 0.25) is 0 Å². The Morgan fingerprint density at radius 2 is 2.18 bits per heavy atom. The molecule has 112 valence electrons. The number of fused-ring (bicyclic) bond motifs is 2. The molecule has 4 rings (SSSR count). The number of para-hydroxylation sites is 1. The zero-order valence-electron chi connectivity index (χ0n) is 11.9. The average Bonchev–Trinajstić information content (AvgIpc) is 2.86. The molecule has 2 N–H and O–H groups in total. The fraction of sp³-hybridized carbons (Fsp3) is 0.250. The molecule has 1 unspecified atom stereocenters. The molecular formula is C16H16N4O2. The molecule has 0 aliphatic carbocycles. The van der Waals surface area contributed by atoms with Gasteiger partial charge in [-0.15, -0.1) is 0 Å². The van der Waals surface area contributed by atoms with Gasteiger partial charge in [0.15, 0.2) is 6.23 Å². The van der Waals surface area contributed by atoms with Crippen LogP contribution in [0.25, 0.3) is 10.9 Å². The van der Waals surface area contributed by atoms with E-state index in [0.717, 1.165) is 22.2 Å². The van der Waals surface area contributed by atoms with E-state index in [1.165, 1.54) is 0 Å². The van der Waals surface area contributed by atoms with Crippen molar-refractivity contribution in [1.29, 1.82) is 0 Å². The molecule has 0 fully saturated rings. The van der Waals surface area contributed by atoms with Crippen LogP contribution in [-0.2, 0) is 6.54 Å². The highest BCUT2D eigenvalue weighted by Crippen LogP contribution is 2.29. The van der Waals surface area contributed by atoms with Gasteiger partial charge >= 0.3 is 0 Å². The monoisotopic (exact) mass is 296 g/mol. The maximum Gasteiger partial charge on any atom is 0.151 e. The number of nitrogens with one attached hydrogen (secondary N) is 1. The number of hydrogen-bond acceptors (Lipinski definition) is 5. The Hall–Kier alpha value is -2.44. The van der Waals surface area contributed by atoms with Gasteiger partial charge in [-0.1, -0.05) is 18.2 Å². The van der Waals surface area contributed by atoms with Gasteiger partial charge in [0.05, 0.1) is 17.4 Å². The van der Waals surface area contributed by atoms with Crippen molar-refractivity contribution in [2.24, 2.45) is 0 Å². The second kappa shape index (κ2) is 5.40. The molecule has 1 aliphatic rings. The lowest BCUT2D eigenvalue weighted by atomic mass is 10.1. The van der Waals surface area contributed by atoms with Crippen molar-refractivity contribution in [2.75, 3.05) is 13.2 Å². The number of rotatable bonds is 2. The standard InChI is InChI=1S/C16H16N4O2/c21-16(15-12-3-1-2-4-13(12)18-19-15)20-7-8-22-14-9-17-6-5-11(14)10-20/h1-6,9,16,21H,7-8,10H2,(H,18,19). The van der Waals surface area contributed by atoms with Gasteiger partial charge in [-0.25, -0.2) is 0 Å². The molecule has 3 aromatic rings. The molecule has 22 heavy (non-hydrogen) atoms. The van der Waals surface area contributed by atoms with Crippen molar-refractivity contribution < 1.29 is 9.84 Å². The highest BCUT2D eigenvalue weighted by Gasteiger charge is 2.25. The van der Waals surface area contributed by atoms with E-state index in [4.69, 9.17) is 4.74 Å². The lowest BCUT2D eigenvalue weighted by molar-refractivity contribution is -0.00867. The van der Waals surface area contributed by atoms with Gasteiger partial charge in [0.2, 0.25) is 0 Å². The molecule has 2 aromatic heterocycles. The summed E-state index contributed by atoms with van der Waals surface area (Å²) in [6, 6.07) is 9.69. The fourth-order valence-electron chi connectivity index (χ4n) is 2.81. The van der Waals surface area contributed by atoms with Gasteiger partial charge in [-0.2, -0.15) is 5.10 Å². The van der Waals surface area contributed by atoms with Crippen molar-refractivity contribution in [3.63, 3.8) is 0 Å². The second-order valence-corrected chi connectivity index (χ2v) is 5.33. The normalized spacial score (nSPS) is 16.8. The van der Waals surface area contributed by atoms with E-state index < -0.39 is 6.23 Å². The molecule has 1 atom stereocenters. The summed E-state index contributed by atoms with van der Waals surface area (Å²) in [6.45, 7) is 1.75. The Labute approximate surface area is 127 Å². The number of benzene rings is 1. The summed E-state index contributed by atoms with van der Waals surface area (Å²) in [7, 11) is 0. The minimum atomic E-state index is -0.755. The van der Waals surface area contributed by atoms with Gasteiger partial charge in [0.25, 0.3) is 0 Å². The van der Waals surface area contributed by atoms with Crippen LogP contribution in [0.3, 0.4) is 0 Å². The van der Waals surface area contributed by atoms with Gasteiger partial charge in [0, 0.05) is 30.2 Å². The number of hydrogen-bond donors (Lipinski definition) is 2. The van der Waals surface area contributed by atoms with Crippen LogP contribution in [0.15, 0.2) is 42.7 Å². The van der Waals surface area contributed by atoms with E-state index in [9.17, 15) is 5.11 Å². The highest BCUT2D eigenvalue weighted by atomic mass is 16.5.